The first kappa shape index (κ1) is 33.6. The van der Waals surface area contributed by atoms with E-state index in [9.17, 15) is 58.7 Å². The third-order valence-electron chi connectivity index (χ3n) is 5.91. The minimum atomic E-state index is -4.95. The van der Waals surface area contributed by atoms with E-state index in [1.807, 2.05) is 0 Å². The molecule has 8 N–H and O–H groups in total. The maximum atomic E-state index is 13.1. The highest BCUT2D eigenvalue weighted by molar-refractivity contribution is 7.86. The number of azo groups is 2. The number of hydrogen-bond acceptors (Lipinski definition) is 14. The average Bonchev–Trinajstić information content (AvgIpc) is 3.26. The number of aromatic carboxylic acids is 1. The van der Waals surface area contributed by atoms with E-state index in [0.29, 0.717) is 22.9 Å². The molecule has 23 heteroatoms. The van der Waals surface area contributed by atoms with Crippen molar-refractivity contribution >= 4 is 64.8 Å². The van der Waals surface area contributed by atoms with Crippen molar-refractivity contribution in [1.29, 1.82) is 0 Å². The molecular formula is C23H19N7O13S3. The molecule has 4 aromatic rings. The summed E-state index contributed by atoms with van der Waals surface area (Å²) in [6.45, 7) is 1.40. The largest absolute Gasteiger partial charge is 0.506 e. The molecule has 0 aliphatic rings. The van der Waals surface area contributed by atoms with E-state index in [-0.39, 0.29) is 22.6 Å². The summed E-state index contributed by atoms with van der Waals surface area (Å²) in [4.78, 5) is 22.5. The molecule has 20 nitrogen and oxygen atoms in total. The summed E-state index contributed by atoms with van der Waals surface area (Å²) in [5.74, 6) is -2.39. The van der Waals surface area contributed by atoms with Gasteiger partial charge in [0, 0.05) is 11.8 Å². The molecule has 4 rings (SSSR count). The first-order valence-corrected chi connectivity index (χ1v) is 16.2. The van der Waals surface area contributed by atoms with Crippen LogP contribution in [-0.4, -0.2) is 64.9 Å². The summed E-state index contributed by atoms with van der Waals surface area (Å²) >= 11 is 0. The monoisotopic (exact) mass is 697 g/mol. The van der Waals surface area contributed by atoms with Crippen LogP contribution in [0, 0.1) is 6.92 Å². The SMILES string of the molecule is Cc1cc(N=Nc2c(C(=O)O)[nH]n(-c3ccc(N)cc3S(=O)(=O)O)c2=O)c(O)cc1N=Nc1cc(S(=O)(=O)O)ccc1S(=O)(=O)O. The number of nitrogens with two attached hydrogens (primary N) is 1. The van der Waals surface area contributed by atoms with Crippen molar-refractivity contribution < 1.29 is 53.9 Å². The van der Waals surface area contributed by atoms with Gasteiger partial charge in [-0.1, -0.05) is 0 Å². The average molecular weight is 698 g/mol. The predicted octanol–water partition coefficient (Wildman–Crippen LogP) is 3.03. The second-order valence-electron chi connectivity index (χ2n) is 9.09. The first-order valence-electron chi connectivity index (χ1n) is 11.9. The Morgan fingerprint density at radius 3 is 1.98 bits per heavy atom. The van der Waals surface area contributed by atoms with Crippen LogP contribution in [0.15, 0.2) is 88.5 Å². The van der Waals surface area contributed by atoms with Gasteiger partial charge in [-0.2, -0.15) is 30.4 Å². The maximum Gasteiger partial charge on any atom is 0.356 e. The number of phenols is 1. The second-order valence-corrected chi connectivity index (χ2v) is 13.3. The molecule has 0 aliphatic heterocycles. The van der Waals surface area contributed by atoms with E-state index in [4.69, 9.17) is 5.73 Å². The Hall–Kier alpha value is -5.33. The number of carboxylic acid groups (broad SMARTS) is 1. The van der Waals surface area contributed by atoms with Gasteiger partial charge in [0.15, 0.2) is 11.4 Å². The van der Waals surface area contributed by atoms with Gasteiger partial charge < -0.3 is 15.9 Å². The Balaban J connectivity index is 1.76. The fraction of sp³-hybridized carbons (Fsp3) is 0.0435. The lowest BCUT2D eigenvalue weighted by atomic mass is 10.1. The van der Waals surface area contributed by atoms with E-state index in [1.165, 1.54) is 13.0 Å². The molecule has 0 bridgehead atoms. The van der Waals surface area contributed by atoms with Gasteiger partial charge in [0.1, 0.15) is 26.9 Å². The number of anilines is 1. The molecular weight excluding hydrogens is 678 g/mol. The first-order chi connectivity index (χ1) is 21.2. The van der Waals surface area contributed by atoms with Gasteiger partial charge in [0.25, 0.3) is 35.9 Å². The highest BCUT2D eigenvalue weighted by Crippen LogP contribution is 2.37. The molecule has 1 aromatic heterocycles. The number of aromatic nitrogens is 2. The van der Waals surface area contributed by atoms with Crippen LogP contribution in [-0.2, 0) is 30.4 Å². The van der Waals surface area contributed by atoms with Crippen molar-refractivity contribution in [3.8, 4) is 11.4 Å². The zero-order chi connectivity index (χ0) is 34.4. The minimum Gasteiger partial charge on any atom is -0.506 e. The van der Waals surface area contributed by atoms with Gasteiger partial charge in [-0.25, -0.2) is 9.48 Å². The van der Waals surface area contributed by atoms with Crippen molar-refractivity contribution in [2.24, 2.45) is 20.5 Å². The number of carboxylic acids is 1. The van der Waals surface area contributed by atoms with Crippen LogP contribution < -0.4 is 11.3 Å². The van der Waals surface area contributed by atoms with Gasteiger partial charge >= 0.3 is 5.97 Å². The summed E-state index contributed by atoms with van der Waals surface area (Å²) < 4.78 is 98.8. The quantitative estimate of drug-likeness (QED) is 0.0751. The molecule has 242 valence electrons. The summed E-state index contributed by atoms with van der Waals surface area (Å²) in [5.41, 5.74) is 1.02. The lowest BCUT2D eigenvalue weighted by Gasteiger charge is -2.08. The summed E-state index contributed by atoms with van der Waals surface area (Å²) in [6, 6.07) is 7.07. The maximum absolute atomic E-state index is 13.1. The third-order valence-corrected chi connectivity index (χ3v) is 8.54. The molecule has 0 saturated carbocycles. The van der Waals surface area contributed by atoms with Gasteiger partial charge in [-0.3, -0.25) is 23.6 Å². The number of hydrogen-bond donors (Lipinski definition) is 7. The van der Waals surface area contributed by atoms with Gasteiger partial charge in [-0.15, -0.1) is 15.3 Å². The Morgan fingerprint density at radius 1 is 0.783 bits per heavy atom. The molecule has 1 heterocycles. The van der Waals surface area contributed by atoms with Crippen molar-refractivity contribution in [2.45, 2.75) is 21.6 Å². The highest BCUT2D eigenvalue weighted by Gasteiger charge is 2.25. The number of aromatic hydroxyl groups is 1. The molecule has 0 saturated heterocycles. The van der Waals surface area contributed by atoms with Crippen LogP contribution in [0.3, 0.4) is 0 Å². The number of aryl methyl sites for hydroxylation is 1. The molecule has 0 fully saturated rings. The number of carbonyl (C=O) groups is 1. The number of phenolic OH excluding ortho intramolecular Hbond substituents is 1. The van der Waals surface area contributed by atoms with Gasteiger partial charge in [-0.05, 0) is 55.0 Å². The Kier molecular flexibility index (Phi) is 8.67. The van der Waals surface area contributed by atoms with E-state index in [1.54, 1.807) is 0 Å². The fourth-order valence-corrected chi connectivity index (χ4v) is 5.60. The summed E-state index contributed by atoms with van der Waals surface area (Å²) in [7, 11) is -14.7. The molecule has 46 heavy (non-hydrogen) atoms. The number of aromatic amines is 1. The highest BCUT2D eigenvalue weighted by atomic mass is 32.2. The molecule has 0 aliphatic carbocycles. The number of benzene rings is 3. The van der Waals surface area contributed by atoms with Crippen LogP contribution in [0.5, 0.6) is 5.75 Å². The predicted molar refractivity (Wildman–Crippen MR) is 155 cm³/mol. The zero-order valence-corrected chi connectivity index (χ0v) is 25.1. The van der Waals surface area contributed by atoms with Gasteiger partial charge in [0.2, 0.25) is 0 Å². The molecule has 0 unspecified atom stereocenters. The molecule has 3 aromatic carbocycles. The van der Waals surface area contributed by atoms with Crippen LogP contribution in [0.2, 0.25) is 0 Å². The van der Waals surface area contributed by atoms with Crippen molar-refractivity contribution in [1.82, 2.24) is 9.78 Å². The third kappa shape index (κ3) is 6.98. The Bertz CT molecular complexity index is 2380. The number of nitrogen functional groups attached to an aromatic ring is 1. The summed E-state index contributed by atoms with van der Waals surface area (Å²) in [6.07, 6.45) is 0. The molecule has 0 spiro atoms. The smallest absolute Gasteiger partial charge is 0.356 e. The van der Waals surface area contributed by atoms with E-state index >= 15 is 0 Å². The van der Waals surface area contributed by atoms with E-state index < -0.39 is 85.1 Å². The minimum absolute atomic E-state index is 0.103. The zero-order valence-electron chi connectivity index (χ0n) is 22.7. The van der Waals surface area contributed by atoms with Crippen molar-refractivity contribution in [3.63, 3.8) is 0 Å². The van der Waals surface area contributed by atoms with E-state index in [2.05, 4.69) is 25.6 Å². The summed E-state index contributed by atoms with van der Waals surface area (Å²) in [5, 5.41) is 36.9. The van der Waals surface area contributed by atoms with Crippen LogP contribution in [0.4, 0.5) is 28.4 Å². The van der Waals surface area contributed by atoms with Gasteiger partial charge in [0.05, 0.1) is 16.3 Å². The topological polar surface area (TPSA) is 334 Å². The number of nitrogens with one attached hydrogen (secondary N) is 1. The number of rotatable bonds is 9. The van der Waals surface area contributed by atoms with Crippen LogP contribution in [0.1, 0.15) is 16.1 Å². The Morgan fingerprint density at radius 2 is 1.39 bits per heavy atom. The molecule has 0 amide bonds. The van der Waals surface area contributed by atoms with Crippen molar-refractivity contribution in [2.75, 3.05) is 5.73 Å². The number of H-pyrrole nitrogens is 1. The lowest BCUT2D eigenvalue weighted by Crippen LogP contribution is -2.17. The molecule has 0 radical (unpaired) electrons. The molecule has 0 atom stereocenters. The van der Waals surface area contributed by atoms with Crippen molar-refractivity contribution in [3.05, 3.63) is 70.1 Å². The van der Waals surface area contributed by atoms with E-state index in [0.717, 1.165) is 24.3 Å². The normalized spacial score (nSPS) is 12.7. The van der Waals surface area contributed by atoms with Crippen LogP contribution >= 0.6 is 0 Å². The second kappa shape index (κ2) is 11.9. The Labute approximate surface area is 257 Å². The fourth-order valence-electron chi connectivity index (χ4n) is 3.79. The standard InChI is InChI=1S/C23H19N7O13S3/c1-10-6-14(17(31)9-13(10)25-27-15-8-12(44(35,36)37)3-5-18(15)45(38,39)40)26-28-20-21(23(33)34)29-30(22(20)32)16-4-2-11(24)7-19(16)46(41,42)43/h2-9,29,31H,24H2,1H3,(H,33,34)(H,35,36,37)(H,38,39,40)(H,41,42,43). The van der Waals surface area contributed by atoms with Crippen LogP contribution in [0.25, 0.3) is 5.69 Å². The lowest BCUT2D eigenvalue weighted by molar-refractivity contribution is 0.0690. The number of nitrogens with zero attached hydrogens (tertiary/aromatic N) is 5.